The Morgan fingerprint density at radius 2 is 1.31 bits per heavy atom. The van der Waals surface area contributed by atoms with Gasteiger partial charge in [-0.2, -0.15) is 29.8 Å². The van der Waals surface area contributed by atoms with E-state index in [0.717, 1.165) is 12.0 Å². The summed E-state index contributed by atoms with van der Waals surface area (Å²) in [5.74, 6) is 0.740. The maximum Gasteiger partial charge on any atom is 2.00 e. The summed E-state index contributed by atoms with van der Waals surface area (Å²) in [6, 6.07) is 16.2. The minimum atomic E-state index is 0. The Kier molecular flexibility index (Phi) is 10.4. The molecule has 0 heterocycles. The molecule has 0 spiro atoms. The molecule has 0 aliphatic carbocycles. The molecule has 26 heavy (non-hydrogen) atoms. The minimum Gasteiger partial charge on any atom is -0.309 e. The molecule has 0 saturated heterocycles. The molecule has 0 aliphatic rings. The number of Topliss-reactive ketones (excluding diaryl/α,β-unsaturated/α-hetero) is 1. The fourth-order valence-corrected chi connectivity index (χ4v) is 3.26. The van der Waals surface area contributed by atoms with Crippen LogP contribution in [0, 0.1) is 16.7 Å². The maximum absolute atomic E-state index is 11.8. The molecule has 0 amide bonds. The Balaban J connectivity index is 0.000000497. The summed E-state index contributed by atoms with van der Waals surface area (Å²) < 4.78 is 0. The molecule has 0 aliphatic heterocycles. The maximum atomic E-state index is 11.8. The van der Waals surface area contributed by atoms with E-state index in [4.69, 9.17) is 0 Å². The molecule has 0 aromatic heterocycles. The van der Waals surface area contributed by atoms with Gasteiger partial charge in [0.25, 0.3) is 0 Å². The van der Waals surface area contributed by atoms with Crippen molar-refractivity contribution in [2.45, 2.75) is 67.7 Å². The number of ketones is 1. The third kappa shape index (κ3) is 11.5. The molecular formula is C24H36FeO. The SMILES string of the molecule is CC(C)(C)C[c-]1cccc1.CC(CC(=O)[c-]1cccc1)CC(C)(C)C.[Fe+2]. The van der Waals surface area contributed by atoms with E-state index in [0.29, 0.717) is 23.2 Å². The van der Waals surface area contributed by atoms with Crippen LogP contribution in [0.15, 0.2) is 48.5 Å². The quantitative estimate of drug-likeness (QED) is 0.301. The molecule has 0 saturated carbocycles. The van der Waals surface area contributed by atoms with Crippen LogP contribution in [0.2, 0.25) is 0 Å². The van der Waals surface area contributed by atoms with E-state index in [9.17, 15) is 4.79 Å². The molecular weight excluding hydrogens is 360 g/mol. The summed E-state index contributed by atoms with van der Waals surface area (Å²) in [6.45, 7) is 15.6. The van der Waals surface area contributed by atoms with Gasteiger partial charge in [-0.3, -0.25) is 0 Å². The van der Waals surface area contributed by atoms with Crippen LogP contribution in [-0.4, -0.2) is 5.78 Å². The van der Waals surface area contributed by atoms with Crippen LogP contribution >= 0.6 is 0 Å². The first-order valence-corrected chi connectivity index (χ1v) is 9.42. The molecule has 1 atom stereocenters. The van der Waals surface area contributed by atoms with E-state index in [2.05, 4.69) is 72.7 Å². The zero-order chi connectivity index (χ0) is 19.1. The van der Waals surface area contributed by atoms with Crippen molar-refractivity contribution < 1.29 is 21.9 Å². The summed E-state index contributed by atoms with van der Waals surface area (Å²) >= 11 is 0. The number of carbonyl (C=O) groups is 1. The molecule has 0 radical (unpaired) electrons. The monoisotopic (exact) mass is 396 g/mol. The Hall–Kier alpha value is -1.11. The van der Waals surface area contributed by atoms with Crippen LogP contribution in [-0.2, 0) is 23.5 Å². The zero-order valence-electron chi connectivity index (χ0n) is 17.6. The molecule has 146 valence electrons. The molecule has 1 nitrogen and oxygen atoms in total. The van der Waals surface area contributed by atoms with Gasteiger partial charge >= 0.3 is 17.1 Å². The first-order chi connectivity index (χ1) is 11.5. The Bertz CT molecular complexity index is 592. The molecule has 0 N–H and O–H groups in total. The van der Waals surface area contributed by atoms with Gasteiger partial charge < -0.3 is 4.79 Å². The van der Waals surface area contributed by atoms with E-state index in [1.54, 1.807) is 0 Å². The second-order valence-electron chi connectivity index (χ2n) is 9.70. The Labute approximate surface area is 171 Å². The zero-order valence-corrected chi connectivity index (χ0v) is 18.7. The largest absolute Gasteiger partial charge is 2.00 e. The number of hydrogen-bond donors (Lipinski definition) is 0. The van der Waals surface area contributed by atoms with Crippen molar-refractivity contribution in [2.75, 3.05) is 0 Å². The van der Waals surface area contributed by atoms with Crippen LogP contribution in [0.4, 0.5) is 0 Å². The summed E-state index contributed by atoms with van der Waals surface area (Å²) in [5, 5.41) is 0. The summed E-state index contributed by atoms with van der Waals surface area (Å²) in [6.07, 6.45) is 2.95. The average Bonchev–Trinajstić information content (AvgIpc) is 3.06. The van der Waals surface area contributed by atoms with Gasteiger partial charge in [-0.25, -0.2) is 24.3 Å². The average molecular weight is 396 g/mol. The minimum absolute atomic E-state index is 0. The van der Waals surface area contributed by atoms with Gasteiger partial charge in [0.1, 0.15) is 5.78 Å². The number of rotatable bonds is 5. The normalized spacial score (nSPS) is 12.6. The van der Waals surface area contributed by atoms with Crippen LogP contribution in [0.1, 0.15) is 77.2 Å². The van der Waals surface area contributed by atoms with Gasteiger partial charge in [-0.15, -0.1) is 0 Å². The first-order valence-electron chi connectivity index (χ1n) is 9.42. The summed E-state index contributed by atoms with van der Waals surface area (Å²) in [4.78, 5) is 11.8. The standard InChI is InChI=1S/C14H21O.C10H15.Fe/c1-11(10-14(2,3)4)9-13(15)12-7-5-6-8-12;1-10(2,3)8-9-6-4-5-7-9;/h5-8,11H,9-10H2,1-4H3;4-7H,8H2,1-3H3;/q2*-1;+2. The smallest absolute Gasteiger partial charge is 0.309 e. The third-order valence-electron chi connectivity index (χ3n) is 3.95. The predicted octanol–water partition coefficient (Wildman–Crippen LogP) is 7.04. The topological polar surface area (TPSA) is 17.1 Å². The fourth-order valence-electron chi connectivity index (χ4n) is 3.26. The van der Waals surface area contributed by atoms with E-state index in [1.807, 2.05) is 24.3 Å². The van der Waals surface area contributed by atoms with E-state index in [1.165, 1.54) is 12.0 Å². The Morgan fingerprint density at radius 1 is 0.846 bits per heavy atom. The molecule has 2 heteroatoms. The molecule has 2 aromatic rings. The van der Waals surface area contributed by atoms with Gasteiger partial charge in [0.2, 0.25) is 0 Å². The molecule has 0 fully saturated rings. The van der Waals surface area contributed by atoms with Crippen LogP contribution in [0.5, 0.6) is 0 Å². The van der Waals surface area contributed by atoms with Crippen molar-refractivity contribution in [3.8, 4) is 0 Å². The van der Waals surface area contributed by atoms with Crippen molar-refractivity contribution in [3.63, 3.8) is 0 Å². The number of hydrogen-bond acceptors (Lipinski definition) is 1. The predicted molar refractivity (Wildman–Crippen MR) is 109 cm³/mol. The number of carbonyl (C=O) groups excluding carboxylic acids is 1. The third-order valence-corrected chi connectivity index (χ3v) is 3.95. The van der Waals surface area contributed by atoms with E-state index in [-0.39, 0.29) is 22.9 Å². The fraction of sp³-hybridized carbons (Fsp3) is 0.542. The van der Waals surface area contributed by atoms with E-state index < -0.39 is 0 Å². The van der Waals surface area contributed by atoms with Gasteiger partial charge in [0.15, 0.2) is 0 Å². The molecule has 2 rings (SSSR count). The molecule has 0 bridgehead atoms. The van der Waals surface area contributed by atoms with Crippen molar-refractivity contribution >= 4 is 5.78 Å². The van der Waals surface area contributed by atoms with Gasteiger partial charge in [0.05, 0.1) is 0 Å². The molecule has 1 unspecified atom stereocenters. The molecule has 2 aromatic carbocycles. The van der Waals surface area contributed by atoms with Gasteiger partial charge in [-0.05, 0) is 23.2 Å². The van der Waals surface area contributed by atoms with Gasteiger partial charge in [-0.1, -0.05) is 60.5 Å². The van der Waals surface area contributed by atoms with Crippen LogP contribution in [0.25, 0.3) is 0 Å². The van der Waals surface area contributed by atoms with Crippen molar-refractivity contribution in [1.29, 1.82) is 0 Å². The Morgan fingerprint density at radius 3 is 1.73 bits per heavy atom. The first kappa shape index (κ1) is 24.9. The summed E-state index contributed by atoms with van der Waals surface area (Å²) in [5.41, 5.74) is 3.04. The summed E-state index contributed by atoms with van der Waals surface area (Å²) in [7, 11) is 0. The van der Waals surface area contributed by atoms with Crippen molar-refractivity contribution in [2.24, 2.45) is 16.7 Å². The van der Waals surface area contributed by atoms with E-state index >= 15 is 0 Å². The van der Waals surface area contributed by atoms with Crippen LogP contribution < -0.4 is 0 Å². The van der Waals surface area contributed by atoms with Gasteiger partial charge in [0, 0.05) is 6.42 Å². The second-order valence-corrected chi connectivity index (χ2v) is 9.70. The van der Waals surface area contributed by atoms with Crippen molar-refractivity contribution in [1.82, 2.24) is 0 Å². The van der Waals surface area contributed by atoms with Crippen molar-refractivity contribution in [3.05, 3.63) is 59.7 Å². The second kappa shape index (κ2) is 10.9. The van der Waals surface area contributed by atoms with Crippen LogP contribution in [0.3, 0.4) is 0 Å².